The highest BCUT2D eigenvalue weighted by atomic mass is 14.7. The quantitative estimate of drug-likeness (QED) is 0.902. The van der Waals surface area contributed by atoms with Crippen molar-refractivity contribution in [2.24, 2.45) is 5.73 Å². The van der Waals surface area contributed by atoms with Gasteiger partial charge in [0.1, 0.15) is 0 Å². The summed E-state index contributed by atoms with van der Waals surface area (Å²) in [5.74, 6) is 0. The van der Waals surface area contributed by atoms with E-state index in [2.05, 4.69) is 24.0 Å². The minimum Gasteiger partial charge on any atom is -0.327 e. The van der Waals surface area contributed by atoms with E-state index in [1.807, 2.05) is 36.5 Å². The number of nitrogens with two attached hydrogens (primary N) is 1. The van der Waals surface area contributed by atoms with Crippen LogP contribution in [0.1, 0.15) is 30.9 Å². The zero-order valence-electron chi connectivity index (χ0n) is 11.7. The van der Waals surface area contributed by atoms with Crippen molar-refractivity contribution in [2.45, 2.75) is 32.2 Å². The lowest BCUT2D eigenvalue weighted by molar-refractivity contribution is 0.599. The molecule has 0 saturated heterocycles. The number of pyridine rings is 1. The Kier molecular flexibility index (Phi) is 4.86. The van der Waals surface area contributed by atoms with E-state index in [0.717, 1.165) is 30.5 Å². The fraction of sp³-hybridized carbons (Fsp3) is 0.294. The largest absolute Gasteiger partial charge is 0.327 e. The molecule has 1 aromatic heterocycles. The average molecular weight is 265 g/mol. The SMILES string of the molecule is CCCC(N)Cc1ccc(-c2ccc(C#N)cc2)nc1. The highest BCUT2D eigenvalue weighted by Crippen LogP contribution is 2.18. The lowest BCUT2D eigenvalue weighted by Crippen LogP contribution is -2.22. The minimum absolute atomic E-state index is 0.211. The Labute approximate surface area is 120 Å². The molecule has 0 spiro atoms. The number of hydrogen-bond acceptors (Lipinski definition) is 3. The number of rotatable bonds is 5. The molecule has 102 valence electrons. The zero-order chi connectivity index (χ0) is 14.4. The van der Waals surface area contributed by atoms with Gasteiger partial charge in [0, 0.05) is 17.8 Å². The van der Waals surface area contributed by atoms with Crippen LogP contribution in [0, 0.1) is 11.3 Å². The molecule has 0 fully saturated rings. The van der Waals surface area contributed by atoms with Crippen molar-refractivity contribution in [3.8, 4) is 17.3 Å². The minimum atomic E-state index is 0.211. The first kappa shape index (κ1) is 14.2. The molecule has 0 aliphatic carbocycles. The molecule has 0 radical (unpaired) electrons. The molecule has 0 saturated carbocycles. The van der Waals surface area contributed by atoms with E-state index < -0.39 is 0 Å². The van der Waals surface area contributed by atoms with E-state index in [9.17, 15) is 0 Å². The molecule has 20 heavy (non-hydrogen) atoms. The van der Waals surface area contributed by atoms with Gasteiger partial charge >= 0.3 is 0 Å². The molecule has 0 amide bonds. The van der Waals surface area contributed by atoms with Crippen LogP contribution in [0.25, 0.3) is 11.3 Å². The van der Waals surface area contributed by atoms with E-state index >= 15 is 0 Å². The molecule has 1 atom stereocenters. The summed E-state index contributed by atoms with van der Waals surface area (Å²) >= 11 is 0. The first-order valence-corrected chi connectivity index (χ1v) is 6.94. The van der Waals surface area contributed by atoms with Crippen LogP contribution in [0.2, 0.25) is 0 Å². The molecule has 0 aliphatic heterocycles. The van der Waals surface area contributed by atoms with Crippen LogP contribution in [0.5, 0.6) is 0 Å². The van der Waals surface area contributed by atoms with Crippen molar-refractivity contribution in [2.75, 3.05) is 0 Å². The number of hydrogen-bond donors (Lipinski definition) is 1. The second-order valence-corrected chi connectivity index (χ2v) is 4.99. The van der Waals surface area contributed by atoms with Crippen LogP contribution in [-0.2, 0) is 6.42 Å². The predicted octanol–water partition coefficient (Wildman–Crippen LogP) is 3.29. The van der Waals surface area contributed by atoms with Gasteiger partial charge in [-0.05, 0) is 36.6 Å². The Bertz CT molecular complexity index is 579. The summed E-state index contributed by atoms with van der Waals surface area (Å²) in [6, 6.07) is 13.9. The van der Waals surface area contributed by atoms with E-state index in [4.69, 9.17) is 11.0 Å². The summed E-state index contributed by atoms with van der Waals surface area (Å²) < 4.78 is 0. The average Bonchev–Trinajstić information content (AvgIpc) is 2.48. The predicted molar refractivity (Wildman–Crippen MR) is 81.0 cm³/mol. The Morgan fingerprint density at radius 1 is 1.20 bits per heavy atom. The summed E-state index contributed by atoms with van der Waals surface area (Å²) in [6.07, 6.45) is 4.91. The van der Waals surface area contributed by atoms with E-state index in [1.165, 1.54) is 5.56 Å². The van der Waals surface area contributed by atoms with E-state index in [-0.39, 0.29) is 6.04 Å². The Hall–Kier alpha value is -2.18. The first-order valence-electron chi connectivity index (χ1n) is 6.94. The lowest BCUT2D eigenvalue weighted by Gasteiger charge is -2.10. The molecule has 2 N–H and O–H groups in total. The van der Waals surface area contributed by atoms with Crippen molar-refractivity contribution in [1.82, 2.24) is 4.98 Å². The molecule has 1 aromatic carbocycles. The summed E-state index contributed by atoms with van der Waals surface area (Å²) in [4.78, 5) is 4.48. The molecule has 3 nitrogen and oxygen atoms in total. The van der Waals surface area contributed by atoms with Gasteiger partial charge in [0.25, 0.3) is 0 Å². The maximum atomic E-state index is 8.79. The molecule has 0 bridgehead atoms. The number of benzene rings is 1. The van der Waals surface area contributed by atoms with Crippen LogP contribution in [0.15, 0.2) is 42.6 Å². The van der Waals surface area contributed by atoms with Crippen molar-refractivity contribution in [3.63, 3.8) is 0 Å². The van der Waals surface area contributed by atoms with Gasteiger partial charge in [0.05, 0.1) is 17.3 Å². The van der Waals surface area contributed by atoms with Gasteiger partial charge < -0.3 is 5.73 Å². The van der Waals surface area contributed by atoms with Gasteiger partial charge in [-0.2, -0.15) is 5.26 Å². The molecule has 1 unspecified atom stereocenters. The van der Waals surface area contributed by atoms with Crippen LogP contribution in [0.4, 0.5) is 0 Å². The number of nitrogens with zero attached hydrogens (tertiary/aromatic N) is 2. The third-order valence-corrected chi connectivity index (χ3v) is 3.29. The van der Waals surface area contributed by atoms with Gasteiger partial charge in [-0.3, -0.25) is 4.98 Å². The molecular weight excluding hydrogens is 246 g/mol. The number of nitriles is 1. The first-order chi connectivity index (χ1) is 9.72. The summed E-state index contributed by atoms with van der Waals surface area (Å²) in [5.41, 5.74) is 9.81. The summed E-state index contributed by atoms with van der Waals surface area (Å²) in [5, 5.41) is 8.79. The standard InChI is InChI=1S/C17H19N3/c1-2-3-16(19)10-14-6-9-17(20-12-14)15-7-4-13(11-18)5-8-15/h4-9,12,16H,2-3,10,19H2,1H3. The van der Waals surface area contributed by atoms with Crippen LogP contribution in [0.3, 0.4) is 0 Å². The van der Waals surface area contributed by atoms with E-state index in [1.54, 1.807) is 0 Å². The molecule has 2 aromatic rings. The highest BCUT2D eigenvalue weighted by molar-refractivity contribution is 5.60. The zero-order valence-corrected chi connectivity index (χ0v) is 11.7. The fourth-order valence-electron chi connectivity index (χ4n) is 2.21. The summed E-state index contributed by atoms with van der Waals surface area (Å²) in [6.45, 7) is 2.14. The van der Waals surface area contributed by atoms with Crippen molar-refractivity contribution < 1.29 is 0 Å². The molecular formula is C17H19N3. The molecule has 0 aliphatic rings. The van der Waals surface area contributed by atoms with Crippen molar-refractivity contribution in [3.05, 3.63) is 53.7 Å². The maximum absolute atomic E-state index is 8.79. The van der Waals surface area contributed by atoms with E-state index in [0.29, 0.717) is 5.56 Å². The third kappa shape index (κ3) is 3.66. The molecule has 1 heterocycles. The summed E-state index contributed by atoms with van der Waals surface area (Å²) in [7, 11) is 0. The maximum Gasteiger partial charge on any atom is 0.0991 e. The van der Waals surface area contributed by atoms with Gasteiger partial charge in [-0.25, -0.2) is 0 Å². The van der Waals surface area contributed by atoms with Gasteiger partial charge in [-0.1, -0.05) is 31.5 Å². The van der Waals surface area contributed by atoms with Gasteiger partial charge in [0.2, 0.25) is 0 Å². The van der Waals surface area contributed by atoms with Gasteiger partial charge in [-0.15, -0.1) is 0 Å². The van der Waals surface area contributed by atoms with Crippen LogP contribution >= 0.6 is 0 Å². The van der Waals surface area contributed by atoms with Crippen LogP contribution < -0.4 is 5.73 Å². The molecule has 3 heteroatoms. The van der Waals surface area contributed by atoms with Gasteiger partial charge in [0.15, 0.2) is 0 Å². The molecule has 2 rings (SSSR count). The second kappa shape index (κ2) is 6.83. The second-order valence-electron chi connectivity index (χ2n) is 4.99. The topological polar surface area (TPSA) is 62.7 Å². The fourth-order valence-corrected chi connectivity index (χ4v) is 2.21. The van der Waals surface area contributed by atoms with Crippen LogP contribution in [-0.4, -0.2) is 11.0 Å². The smallest absolute Gasteiger partial charge is 0.0991 e. The number of aromatic nitrogens is 1. The van der Waals surface area contributed by atoms with Crippen molar-refractivity contribution in [1.29, 1.82) is 5.26 Å². The van der Waals surface area contributed by atoms with Crippen molar-refractivity contribution >= 4 is 0 Å². The Morgan fingerprint density at radius 2 is 1.95 bits per heavy atom. The monoisotopic (exact) mass is 265 g/mol. The Morgan fingerprint density at radius 3 is 2.50 bits per heavy atom. The normalized spacial score (nSPS) is 11.8. The highest BCUT2D eigenvalue weighted by Gasteiger charge is 2.04. The Balaban J connectivity index is 2.09. The third-order valence-electron chi connectivity index (χ3n) is 3.29. The lowest BCUT2D eigenvalue weighted by atomic mass is 10.0.